The van der Waals surface area contributed by atoms with Crippen molar-refractivity contribution in [3.8, 4) is 0 Å². The first-order valence-electron chi connectivity index (χ1n) is 9.24. The molecule has 0 radical (unpaired) electrons. The summed E-state index contributed by atoms with van der Waals surface area (Å²) in [5.74, 6) is -1.68. The first-order chi connectivity index (χ1) is 14.4. The highest BCUT2D eigenvalue weighted by Crippen LogP contribution is 2.31. The third-order valence-corrected chi connectivity index (χ3v) is 5.04. The maximum atomic E-state index is 12.8. The lowest BCUT2D eigenvalue weighted by atomic mass is 9.92. The van der Waals surface area contributed by atoms with Crippen LogP contribution in [0.1, 0.15) is 23.5 Å². The summed E-state index contributed by atoms with van der Waals surface area (Å²) in [6, 6.07) is 14.2. The monoisotopic (exact) mass is 423 g/mol. The Morgan fingerprint density at radius 1 is 1.13 bits per heavy atom. The van der Waals surface area contributed by atoms with Crippen molar-refractivity contribution in [3.63, 3.8) is 0 Å². The summed E-state index contributed by atoms with van der Waals surface area (Å²) in [4.78, 5) is 44.7. The molecular formula is C21H18ClN5O3. The van der Waals surface area contributed by atoms with Crippen molar-refractivity contribution >= 4 is 46.6 Å². The van der Waals surface area contributed by atoms with Crippen molar-refractivity contribution in [2.24, 2.45) is 0 Å². The number of amides is 2. The van der Waals surface area contributed by atoms with Crippen molar-refractivity contribution in [2.75, 3.05) is 16.0 Å². The summed E-state index contributed by atoms with van der Waals surface area (Å²) in [7, 11) is 0. The van der Waals surface area contributed by atoms with E-state index in [2.05, 4.69) is 25.9 Å². The largest absolute Gasteiger partial charge is 0.326 e. The Morgan fingerprint density at radius 3 is 2.60 bits per heavy atom. The van der Waals surface area contributed by atoms with E-state index in [0.717, 1.165) is 11.3 Å². The minimum absolute atomic E-state index is 0.0592. The zero-order valence-electron chi connectivity index (χ0n) is 16.0. The number of para-hydroxylation sites is 1. The molecule has 1 aromatic heterocycles. The van der Waals surface area contributed by atoms with Crippen molar-refractivity contribution in [2.45, 2.75) is 19.3 Å². The normalized spacial score (nSPS) is 15.1. The van der Waals surface area contributed by atoms with E-state index in [1.165, 1.54) is 0 Å². The fourth-order valence-corrected chi connectivity index (χ4v) is 3.39. The molecule has 4 N–H and O–H groups in total. The SMILES string of the molecule is Cc1ccc(Nc2nc3c(c(=O)[nH]2)[C@@H](C(=O)Nc2ccccc2Cl)CC(=O)N3)cc1. The van der Waals surface area contributed by atoms with E-state index in [9.17, 15) is 14.4 Å². The number of rotatable bonds is 4. The van der Waals surface area contributed by atoms with Crippen LogP contribution in [-0.2, 0) is 9.59 Å². The Hall–Kier alpha value is -3.65. The molecule has 0 spiro atoms. The predicted molar refractivity (Wildman–Crippen MR) is 115 cm³/mol. The van der Waals surface area contributed by atoms with Gasteiger partial charge in [0.1, 0.15) is 5.82 Å². The van der Waals surface area contributed by atoms with Crippen LogP contribution in [-0.4, -0.2) is 21.8 Å². The number of anilines is 4. The van der Waals surface area contributed by atoms with Gasteiger partial charge in [-0.3, -0.25) is 19.4 Å². The number of hydrogen-bond acceptors (Lipinski definition) is 5. The molecule has 152 valence electrons. The van der Waals surface area contributed by atoms with Gasteiger partial charge in [-0.15, -0.1) is 0 Å². The molecule has 0 bridgehead atoms. The third kappa shape index (κ3) is 4.04. The highest BCUT2D eigenvalue weighted by Gasteiger charge is 2.35. The molecule has 1 aliphatic rings. The second-order valence-electron chi connectivity index (χ2n) is 6.94. The number of nitrogens with one attached hydrogen (secondary N) is 4. The lowest BCUT2D eigenvalue weighted by Crippen LogP contribution is -2.36. The summed E-state index contributed by atoms with van der Waals surface area (Å²) >= 11 is 6.09. The molecule has 2 aromatic carbocycles. The lowest BCUT2D eigenvalue weighted by Gasteiger charge is -2.23. The molecule has 4 rings (SSSR count). The minimum atomic E-state index is -0.991. The van der Waals surface area contributed by atoms with Crippen molar-refractivity contribution in [1.29, 1.82) is 0 Å². The molecule has 3 aromatic rings. The molecule has 8 nitrogen and oxygen atoms in total. The van der Waals surface area contributed by atoms with Crippen molar-refractivity contribution in [3.05, 3.63) is 75.0 Å². The van der Waals surface area contributed by atoms with Crippen LogP contribution in [0.3, 0.4) is 0 Å². The van der Waals surface area contributed by atoms with E-state index in [0.29, 0.717) is 10.7 Å². The second kappa shape index (κ2) is 8.00. The molecule has 30 heavy (non-hydrogen) atoms. The lowest BCUT2D eigenvalue weighted by molar-refractivity contribution is -0.123. The van der Waals surface area contributed by atoms with Crippen molar-refractivity contribution in [1.82, 2.24) is 9.97 Å². The van der Waals surface area contributed by atoms with Gasteiger partial charge >= 0.3 is 0 Å². The average Bonchev–Trinajstić information content (AvgIpc) is 2.70. The molecule has 2 heterocycles. The van der Waals surface area contributed by atoms with Crippen LogP contribution in [0.5, 0.6) is 0 Å². The van der Waals surface area contributed by atoms with Gasteiger partial charge in [0.2, 0.25) is 17.8 Å². The summed E-state index contributed by atoms with van der Waals surface area (Å²) < 4.78 is 0. The summed E-state index contributed by atoms with van der Waals surface area (Å²) in [5, 5.41) is 8.61. The molecular weight excluding hydrogens is 406 g/mol. The Morgan fingerprint density at radius 2 is 1.87 bits per heavy atom. The molecule has 9 heteroatoms. The van der Waals surface area contributed by atoms with Gasteiger partial charge in [0.25, 0.3) is 5.56 Å². The van der Waals surface area contributed by atoms with Gasteiger partial charge in [0.05, 0.1) is 22.2 Å². The number of carbonyl (C=O) groups excluding carboxylic acids is 2. The van der Waals surface area contributed by atoms with Crippen LogP contribution in [0.15, 0.2) is 53.3 Å². The topological polar surface area (TPSA) is 116 Å². The number of carbonyl (C=O) groups is 2. The van der Waals surface area contributed by atoms with Crippen LogP contribution in [0.4, 0.5) is 23.1 Å². The quantitative estimate of drug-likeness (QED) is 0.512. The van der Waals surface area contributed by atoms with Crippen LogP contribution in [0.2, 0.25) is 5.02 Å². The number of aromatic nitrogens is 2. The van der Waals surface area contributed by atoms with Crippen LogP contribution < -0.4 is 21.5 Å². The zero-order valence-corrected chi connectivity index (χ0v) is 16.7. The van der Waals surface area contributed by atoms with Crippen LogP contribution >= 0.6 is 11.6 Å². The van der Waals surface area contributed by atoms with Gasteiger partial charge in [-0.2, -0.15) is 4.98 Å². The molecule has 0 saturated carbocycles. The molecule has 0 aliphatic carbocycles. The number of nitrogens with zero attached hydrogens (tertiary/aromatic N) is 1. The first kappa shape index (κ1) is 19.7. The summed E-state index contributed by atoms with van der Waals surface area (Å²) in [5.41, 5.74) is 1.81. The van der Waals surface area contributed by atoms with Crippen molar-refractivity contribution < 1.29 is 9.59 Å². The number of hydrogen-bond donors (Lipinski definition) is 4. The number of aromatic amines is 1. The van der Waals surface area contributed by atoms with Gasteiger partial charge in [-0.1, -0.05) is 41.4 Å². The summed E-state index contributed by atoms with van der Waals surface area (Å²) in [6.07, 6.45) is -0.168. The molecule has 1 aliphatic heterocycles. The van der Waals surface area contributed by atoms with Crippen LogP contribution in [0.25, 0.3) is 0 Å². The Bertz CT molecular complexity index is 1190. The van der Waals surface area contributed by atoms with Gasteiger partial charge in [-0.25, -0.2) is 0 Å². The number of fused-ring (bicyclic) bond motifs is 1. The Kier molecular flexibility index (Phi) is 5.24. The fourth-order valence-electron chi connectivity index (χ4n) is 3.21. The molecule has 0 fully saturated rings. The van der Waals surface area contributed by atoms with Gasteiger partial charge < -0.3 is 16.0 Å². The standard InChI is InChI=1S/C21H18ClN5O3/c1-11-6-8-12(9-7-11)23-21-26-18-17(20(30)27-21)13(10-16(28)25-18)19(29)24-15-5-3-2-4-14(15)22/h2-9,13H,10H2,1H3,(H,24,29)(H3,23,25,26,27,28,30)/t13-/m0/s1. The van der Waals surface area contributed by atoms with E-state index in [4.69, 9.17) is 11.6 Å². The predicted octanol–water partition coefficient (Wildman–Crippen LogP) is 3.54. The number of benzene rings is 2. The highest BCUT2D eigenvalue weighted by atomic mass is 35.5. The number of aryl methyl sites for hydroxylation is 1. The van der Waals surface area contributed by atoms with Gasteiger partial charge in [0, 0.05) is 12.1 Å². The van der Waals surface area contributed by atoms with E-state index in [1.54, 1.807) is 24.3 Å². The Labute approximate surface area is 176 Å². The maximum absolute atomic E-state index is 12.8. The van der Waals surface area contributed by atoms with Gasteiger partial charge in [0.15, 0.2) is 0 Å². The Balaban J connectivity index is 1.64. The molecule has 1 atom stereocenters. The van der Waals surface area contributed by atoms with Gasteiger partial charge in [-0.05, 0) is 31.2 Å². The fraction of sp³-hybridized carbons (Fsp3) is 0.143. The van der Waals surface area contributed by atoms with E-state index < -0.39 is 23.3 Å². The molecule has 2 amide bonds. The minimum Gasteiger partial charge on any atom is -0.326 e. The van der Waals surface area contributed by atoms with E-state index in [1.807, 2.05) is 31.2 Å². The number of H-pyrrole nitrogens is 1. The molecule has 0 unspecified atom stereocenters. The maximum Gasteiger partial charge on any atom is 0.258 e. The number of halogens is 1. The molecule has 0 saturated heterocycles. The average molecular weight is 424 g/mol. The second-order valence-corrected chi connectivity index (χ2v) is 7.35. The zero-order chi connectivity index (χ0) is 21.3. The first-order valence-corrected chi connectivity index (χ1v) is 9.61. The smallest absolute Gasteiger partial charge is 0.258 e. The van der Waals surface area contributed by atoms with E-state index >= 15 is 0 Å². The highest BCUT2D eigenvalue weighted by molar-refractivity contribution is 6.33. The van der Waals surface area contributed by atoms with Crippen LogP contribution in [0, 0.1) is 6.92 Å². The van der Waals surface area contributed by atoms with E-state index in [-0.39, 0.29) is 23.8 Å². The summed E-state index contributed by atoms with van der Waals surface area (Å²) in [6.45, 7) is 1.96. The third-order valence-electron chi connectivity index (χ3n) is 4.71.